The second-order valence-corrected chi connectivity index (χ2v) is 15.2. The molecule has 0 aliphatic heterocycles. The Kier molecular flexibility index (Phi) is 18.4. The fourth-order valence-corrected chi connectivity index (χ4v) is 7.14. The van der Waals surface area contributed by atoms with Crippen molar-refractivity contribution in [2.24, 2.45) is 0 Å². The van der Waals surface area contributed by atoms with E-state index in [2.05, 4.69) is 45.8 Å². The van der Waals surface area contributed by atoms with Crippen molar-refractivity contribution in [3.8, 4) is 45.9 Å². The average molecular weight is 999 g/mol. The summed E-state index contributed by atoms with van der Waals surface area (Å²) in [6, 6.07) is 15.3. The number of ether oxygens (including phenoxy) is 8. The van der Waals surface area contributed by atoms with E-state index in [1.165, 1.54) is 0 Å². The fourth-order valence-electron chi connectivity index (χ4n) is 6.59. The molecule has 0 aliphatic rings. The lowest BCUT2D eigenvalue weighted by atomic mass is 10.0. The summed E-state index contributed by atoms with van der Waals surface area (Å²) in [6.07, 6.45) is 10.4. The van der Waals surface area contributed by atoms with Gasteiger partial charge in [0.05, 0.1) is 49.3 Å². The quantitative estimate of drug-likeness (QED) is 0.0628. The third kappa shape index (κ3) is 13.3. The Morgan fingerprint density at radius 3 is 1.13 bits per heavy atom. The molecule has 21 nitrogen and oxygen atoms in total. The highest BCUT2D eigenvalue weighted by Gasteiger charge is 2.18. The van der Waals surface area contributed by atoms with Gasteiger partial charge in [0.1, 0.15) is 57.2 Å². The van der Waals surface area contributed by atoms with Crippen LogP contribution in [0.4, 0.5) is 35.3 Å². The smallest absolute Gasteiger partial charge is 0.221 e. The molecule has 0 spiro atoms. The maximum absolute atomic E-state index is 5.92. The lowest BCUT2D eigenvalue weighted by molar-refractivity contribution is 0.142. The van der Waals surface area contributed by atoms with Crippen LogP contribution in [0.25, 0.3) is 5.69 Å². The Hall–Kier alpha value is -7.98. The summed E-state index contributed by atoms with van der Waals surface area (Å²) in [5, 5.41) is 0. The second-order valence-electron chi connectivity index (χ2n) is 14.4. The summed E-state index contributed by atoms with van der Waals surface area (Å²) in [5.74, 6) is 6.01. The van der Waals surface area contributed by atoms with Gasteiger partial charge in [-0.3, -0.25) is 0 Å². The van der Waals surface area contributed by atoms with Gasteiger partial charge in [0.25, 0.3) is 0 Å². The molecule has 0 fully saturated rings. The molecular formula is C46H56BrN13O8. The molecule has 4 heterocycles. The van der Waals surface area contributed by atoms with Crippen molar-refractivity contribution in [1.29, 1.82) is 0 Å². The normalized spacial score (nSPS) is 10.5. The van der Waals surface area contributed by atoms with Gasteiger partial charge in [-0.05, 0) is 81.2 Å². The number of nitrogens with two attached hydrogens (primary N) is 6. The van der Waals surface area contributed by atoms with Gasteiger partial charge in [-0.15, -0.1) is 0 Å². The third-order valence-electron chi connectivity index (χ3n) is 9.90. The molecule has 12 N–H and O–H groups in total. The number of hydrogen-bond acceptors (Lipinski definition) is 20. The van der Waals surface area contributed by atoms with Crippen molar-refractivity contribution >= 4 is 51.2 Å². The SMILES string of the molecule is COCCOc1c(OC)cc(Cc2cnc(N)nc2N)cc1OC.COc1cc(Cc2cnc(N)nc2N)cc(OC)c1-n1cccc1.COc1cc(Cc2cnc(N)nc2N)cc(OC)c1Br. The first-order valence-electron chi connectivity index (χ1n) is 20.5. The zero-order valence-electron chi connectivity index (χ0n) is 38.8. The van der Waals surface area contributed by atoms with Gasteiger partial charge in [0.2, 0.25) is 23.6 Å². The van der Waals surface area contributed by atoms with E-state index in [1.54, 1.807) is 68.4 Å². The number of nitrogen functional groups attached to an aromatic ring is 6. The predicted octanol–water partition coefficient (Wildman–Crippen LogP) is 5.33. The van der Waals surface area contributed by atoms with Crippen LogP contribution in [0.3, 0.4) is 0 Å². The van der Waals surface area contributed by atoms with Gasteiger partial charge in [-0.25, -0.2) is 15.0 Å². The van der Waals surface area contributed by atoms with E-state index in [1.807, 2.05) is 65.5 Å². The first kappa shape index (κ1) is 51.0. The number of hydrogen-bond donors (Lipinski definition) is 6. The number of nitrogens with zero attached hydrogens (tertiary/aromatic N) is 7. The number of aromatic nitrogens is 7. The number of anilines is 6. The molecule has 360 valence electrons. The second kappa shape index (κ2) is 24.5. The van der Waals surface area contributed by atoms with E-state index in [4.69, 9.17) is 72.3 Å². The molecule has 0 atom stereocenters. The molecule has 0 aliphatic carbocycles. The van der Waals surface area contributed by atoms with Crippen LogP contribution in [0.5, 0.6) is 40.2 Å². The van der Waals surface area contributed by atoms with Crippen molar-refractivity contribution in [3.05, 3.63) is 117 Å². The zero-order valence-corrected chi connectivity index (χ0v) is 40.4. The van der Waals surface area contributed by atoms with Gasteiger partial charge >= 0.3 is 0 Å². The van der Waals surface area contributed by atoms with E-state index in [0.717, 1.165) is 43.5 Å². The summed E-state index contributed by atoms with van der Waals surface area (Å²) in [7, 11) is 11.2. The van der Waals surface area contributed by atoms with Crippen molar-refractivity contribution < 1.29 is 37.9 Å². The van der Waals surface area contributed by atoms with Crippen LogP contribution in [0.1, 0.15) is 33.4 Å². The highest BCUT2D eigenvalue weighted by Crippen LogP contribution is 2.40. The lowest BCUT2D eigenvalue weighted by Gasteiger charge is -2.16. The van der Waals surface area contributed by atoms with Crippen molar-refractivity contribution in [3.63, 3.8) is 0 Å². The molecular weight excluding hydrogens is 942 g/mol. The number of halogens is 1. The molecule has 0 radical (unpaired) electrons. The Balaban J connectivity index is 0.000000192. The van der Waals surface area contributed by atoms with E-state index >= 15 is 0 Å². The summed E-state index contributed by atoms with van der Waals surface area (Å²) >= 11 is 3.43. The lowest BCUT2D eigenvalue weighted by Crippen LogP contribution is -2.07. The van der Waals surface area contributed by atoms with E-state index in [-0.39, 0.29) is 17.8 Å². The van der Waals surface area contributed by atoms with Gasteiger partial charge in [0, 0.05) is 74.0 Å². The van der Waals surface area contributed by atoms with Crippen molar-refractivity contribution in [2.45, 2.75) is 19.3 Å². The minimum Gasteiger partial charge on any atom is -0.495 e. The largest absolute Gasteiger partial charge is 0.495 e. The minimum atomic E-state index is 0.147. The van der Waals surface area contributed by atoms with Crippen LogP contribution in [-0.4, -0.2) is 97.5 Å². The topological polar surface area (TPSA) is 312 Å². The predicted molar refractivity (Wildman–Crippen MR) is 264 cm³/mol. The highest BCUT2D eigenvalue weighted by atomic mass is 79.9. The molecule has 7 rings (SSSR count). The monoisotopic (exact) mass is 997 g/mol. The molecule has 4 aromatic heterocycles. The maximum atomic E-state index is 5.92. The van der Waals surface area contributed by atoms with Crippen LogP contribution >= 0.6 is 15.9 Å². The van der Waals surface area contributed by atoms with Gasteiger partial charge in [-0.2, -0.15) is 15.0 Å². The molecule has 0 saturated carbocycles. The summed E-state index contributed by atoms with van der Waals surface area (Å²) in [6.45, 7) is 0.856. The molecule has 0 saturated heterocycles. The van der Waals surface area contributed by atoms with E-state index in [0.29, 0.717) is 90.2 Å². The standard InChI is InChI=1S/C17H19N5O2.C16H22N4O4.C13H15BrN4O2/c1-23-13-8-11(7-12-10-20-17(19)21-16(12)18)9-14(24-2)15(13)22-5-3-4-6-22;1-21-4-5-24-14-12(22-2)7-10(8-13(14)23-3)6-11-9-19-16(18)20-15(11)17;1-19-9-4-7(5-10(20-2)11(9)14)3-8-6-17-13(16)18-12(8)15/h3-6,8-10H,7H2,1-2H3,(H4,18,19,20,21);7-9H,4-6H2,1-3H3,(H4,17,18,19,20);4-6H,3H2,1-2H3,(H4,15,16,17,18). The Morgan fingerprint density at radius 1 is 0.471 bits per heavy atom. The van der Waals surface area contributed by atoms with Gasteiger partial charge in [-0.1, -0.05) is 0 Å². The first-order valence-corrected chi connectivity index (χ1v) is 21.3. The van der Waals surface area contributed by atoms with Crippen LogP contribution in [0.2, 0.25) is 0 Å². The molecule has 0 bridgehead atoms. The third-order valence-corrected chi connectivity index (χ3v) is 10.7. The van der Waals surface area contributed by atoms with Crippen molar-refractivity contribution in [2.75, 3.05) is 97.4 Å². The Morgan fingerprint density at radius 2 is 0.809 bits per heavy atom. The molecule has 7 aromatic rings. The number of benzene rings is 3. The molecule has 3 aromatic carbocycles. The molecule has 0 unspecified atom stereocenters. The van der Waals surface area contributed by atoms with Gasteiger partial charge < -0.3 is 76.9 Å². The molecule has 22 heteroatoms. The fraction of sp³-hybridized carbons (Fsp3) is 0.261. The number of methoxy groups -OCH3 is 7. The minimum absolute atomic E-state index is 0.147. The first-order chi connectivity index (χ1) is 32.7. The summed E-state index contributed by atoms with van der Waals surface area (Å²) in [5.41, 5.74) is 40.3. The number of rotatable bonds is 17. The van der Waals surface area contributed by atoms with E-state index < -0.39 is 0 Å². The van der Waals surface area contributed by atoms with Crippen molar-refractivity contribution in [1.82, 2.24) is 34.5 Å². The van der Waals surface area contributed by atoms with Gasteiger partial charge in [0.15, 0.2) is 11.5 Å². The highest BCUT2D eigenvalue weighted by molar-refractivity contribution is 9.10. The molecule has 68 heavy (non-hydrogen) atoms. The zero-order chi connectivity index (χ0) is 49.3. The Labute approximate surface area is 402 Å². The van der Waals surface area contributed by atoms with E-state index in [9.17, 15) is 0 Å². The average Bonchev–Trinajstić information content (AvgIpc) is 3.87. The van der Waals surface area contributed by atoms with Crippen LogP contribution in [-0.2, 0) is 24.0 Å². The summed E-state index contributed by atoms with van der Waals surface area (Å²) < 4.78 is 46.0. The summed E-state index contributed by atoms with van der Waals surface area (Å²) in [4.78, 5) is 23.8. The molecule has 0 amide bonds. The maximum Gasteiger partial charge on any atom is 0.221 e. The Bertz CT molecular complexity index is 2690. The van der Waals surface area contributed by atoms with Crippen LogP contribution in [0, 0.1) is 0 Å². The van der Waals surface area contributed by atoms with Crippen LogP contribution in [0.15, 0.2) is 84.0 Å². The van der Waals surface area contributed by atoms with Crippen LogP contribution < -0.4 is 67.6 Å².